The molecule has 1 amide bonds. The van der Waals surface area contributed by atoms with Crippen LogP contribution >= 0.6 is 22.9 Å². The van der Waals surface area contributed by atoms with Crippen molar-refractivity contribution in [3.05, 3.63) is 114 Å². The van der Waals surface area contributed by atoms with E-state index < -0.39 is 6.04 Å². The number of nitrogens with zero attached hydrogens (tertiary/aromatic N) is 4. The van der Waals surface area contributed by atoms with E-state index in [1.165, 1.54) is 11.3 Å². The molecule has 194 valence electrons. The number of thiazole rings is 1. The third-order valence-corrected chi connectivity index (χ3v) is 8.16. The zero-order valence-electron chi connectivity index (χ0n) is 21.6. The van der Waals surface area contributed by atoms with Crippen molar-refractivity contribution in [1.82, 2.24) is 14.0 Å². The highest BCUT2D eigenvalue weighted by atomic mass is 35.5. The molecule has 0 bridgehead atoms. The van der Waals surface area contributed by atoms with Gasteiger partial charge in [0.15, 0.2) is 4.80 Å². The van der Waals surface area contributed by atoms with Crippen molar-refractivity contribution in [3.8, 4) is 0 Å². The number of hydrogen-bond acceptors (Lipinski definition) is 4. The Morgan fingerprint density at radius 1 is 1.16 bits per heavy atom. The summed E-state index contributed by atoms with van der Waals surface area (Å²) in [5.74, 6) is -0.113. The first-order valence-corrected chi connectivity index (χ1v) is 13.8. The molecule has 0 radical (unpaired) electrons. The predicted octanol–water partition coefficient (Wildman–Crippen LogP) is 4.90. The van der Waals surface area contributed by atoms with Gasteiger partial charge in [-0.2, -0.15) is 0 Å². The monoisotopic (exact) mass is 544 g/mol. The lowest BCUT2D eigenvalue weighted by Crippen LogP contribution is -2.43. The van der Waals surface area contributed by atoms with Gasteiger partial charge in [0.2, 0.25) is 0 Å². The quantitative estimate of drug-likeness (QED) is 0.311. The van der Waals surface area contributed by atoms with Crippen LogP contribution in [0.25, 0.3) is 17.0 Å². The van der Waals surface area contributed by atoms with Crippen molar-refractivity contribution in [3.63, 3.8) is 0 Å². The van der Waals surface area contributed by atoms with Crippen molar-refractivity contribution in [2.45, 2.75) is 33.4 Å². The molecule has 0 saturated carbocycles. The molecule has 1 aliphatic heterocycles. The van der Waals surface area contributed by atoms with Gasteiger partial charge in [-0.15, -0.1) is 6.58 Å². The molecule has 1 aliphatic rings. The van der Waals surface area contributed by atoms with Crippen LogP contribution < -0.4 is 14.9 Å². The smallest absolute Gasteiger partial charge is 0.271 e. The molecule has 0 N–H and O–H groups in total. The summed E-state index contributed by atoms with van der Waals surface area (Å²) in [5, 5.41) is 1.65. The summed E-state index contributed by atoms with van der Waals surface area (Å²) >= 11 is 7.53. The van der Waals surface area contributed by atoms with Crippen molar-refractivity contribution in [2.75, 3.05) is 13.1 Å². The molecular weight excluding hydrogens is 516 g/mol. The van der Waals surface area contributed by atoms with Crippen LogP contribution in [0.4, 0.5) is 0 Å². The van der Waals surface area contributed by atoms with Crippen LogP contribution in [0.15, 0.2) is 88.4 Å². The van der Waals surface area contributed by atoms with Crippen molar-refractivity contribution < 1.29 is 4.79 Å². The second-order valence-corrected chi connectivity index (χ2v) is 10.6. The molecule has 1 atom stereocenters. The maximum atomic E-state index is 14.0. The minimum absolute atomic E-state index is 0.113. The van der Waals surface area contributed by atoms with Crippen LogP contribution in [0.5, 0.6) is 0 Å². The molecule has 2 aromatic carbocycles. The lowest BCUT2D eigenvalue weighted by Gasteiger charge is -2.29. The summed E-state index contributed by atoms with van der Waals surface area (Å²) in [5.41, 5.74) is 3.80. The van der Waals surface area contributed by atoms with Crippen LogP contribution in [-0.4, -0.2) is 33.0 Å². The van der Waals surface area contributed by atoms with Crippen LogP contribution in [0.3, 0.4) is 0 Å². The number of fused-ring (bicyclic) bond motifs is 2. The average Bonchev–Trinajstić information content (AvgIpc) is 3.41. The van der Waals surface area contributed by atoms with Crippen molar-refractivity contribution in [2.24, 2.45) is 4.99 Å². The number of para-hydroxylation sites is 1. The first-order chi connectivity index (χ1) is 18.4. The Morgan fingerprint density at radius 3 is 2.55 bits per heavy atom. The highest BCUT2D eigenvalue weighted by Gasteiger charge is 2.34. The fourth-order valence-corrected chi connectivity index (χ4v) is 6.22. The van der Waals surface area contributed by atoms with Gasteiger partial charge in [0, 0.05) is 47.3 Å². The first kappa shape index (κ1) is 25.9. The molecule has 0 spiro atoms. The minimum Gasteiger partial charge on any atom is -0.343 e. The number of benzene rings is 2. The standard InChI is InChI=1S/C30H29ClN4O2S/c1-5-16-34-18-21(23-10-8-9-11-24(23)34)17-25-28(36)35-27(20-12-14-22(31)15-13-20)26(19(4)32-30(35)38-25)29(37)33(6-2)7-3/h5,8-15,17-18,27H,1,6-7,16H2,2-4H3/b25-17-. The minimum atomic E-state index is -0.596. The highest BCUT2D eigenvalue weighted by molar-refractivity contribution is 7.07. The average molecular weight is 545 g/mol. The van der Waals surface area contributed by atoms with E-state index in [2.05, 4.69) is 23.3 Å². The van der Waals surface area contributed by atoms with E-state index in [1.807, 2.05) is 63.4 Å². The summed E-state index contributed by atoms with van der Waals surface area (Å²) in [6.07, 6.45) is 5.82. The number of amides is 1. The second kappa shape index (κ2) is 10.6. The van der Waals surface area contributed by atoms with Crippen LogP contribution in [0.2, 0.25) is 5.02 Å². The topological polar surface area (TPSA) is 59.6 Å². The van der Waals surface area contributed by atoms with Crippen molar-refractivity contribution in [1.29, 1.82) is 0 Å². The van der Waals surface area contributed by atoms with Gasteiger partial charge in [0.25, 0.3) is 11.5 Å². The van der Waals surface area contributed by atoms with E-state index in [-0.39, 0.29) is 11.5 Å². The summed E-state index contributed by atoms with van der Waals surface area (Å²) < 4.78 is 4.34. The fraction of sp³-hybridized carbons (Fsp3) is 0.233. The molecule has 2 aromatic heterocycles. The van der Waals surface area contributed by atoms with Crippen LogP contribution in [0.1, 0.15) is 37.9 Å². The number of halogens is 1. The van der Waals surface area contributed by atoms with Crippen LogP contribution in [0, 0.1) is 0 Å². The largest absolute Gasteiger partial charge is 0.343 e. The van der Waals surface area contributed by atoms with Gasteiger partial charge in [0.05, 0.1) is 21.8 Å². The molecule has 6 nitrogen and oxygen atoms in total. The van der Waals surface area contributed by atoms with Gasteiger partial charge in [0.1, 0.15) is 0 Å². The summed E-state index contributed by atoms with van der Waals surface area (Å²) in [6.45, 7) is 11.4. The normalized spacial score (nSPS) is 15.5. The number of likely N-dealkylation sites (N-methyl/N-ethyl adjacent to an activating group) is 1. The van der Waals surface area contributed by atoms with Gasteiger partial charge in [-0.05, 0) is 50.6 Å². The zero-order valence-corrected chi connectivity index (χ0v) is 23.2. The number of rotatable bonds is 7. The number of allylic oxidation sites excluding steroid dienone is 2. The van der Waals surface area contributed by atoms with Gasteiger partial charge in [-0.1, -0.05) is 59.3 Å². The predicted molar refractivity (Wildman–Crippen MR) is 155 cm³/mol. The number of aromatic nitrogens is 2. The summed E-state index contributed by atoms with van der Waals surface area (Å²) in [4.78, 5) is 34.8. The molecule has 0 aliphatic carbocycles. The molecule has 5 rings (SSSR count). The van der Waals surface area contributed by atoms with Crippen LogP contribution in [-0.2, 0) is 11.3 Å². The maximum absolute atomic E-state index is 14.0. The second-order valence-electron chi connectivity index (χ2n) is 9.15. The highest BCUT2D eigenvalue weighted by Crippen LogP contribution is 2.32. The van der Waals surface area contributed by atoms with Crippen molar-refractivity contribution >= 4 is 45.8 Å². The molecule has 0 fully saturated rings. The molecule has 8 heteroatoms. The molecule has 4 aromatic rings. The fourth-order valence-electron chi connectivity index (χ4n) is 5.06. The Balaban J connectivity index is 1.74. The van der Waals surface area contributed by atoms with E-state index in [4.69, 9.17) is 16.6 Å². The number of hydrogen-bond donors (Lipinski definition) is 0. The Bertz CT molecular complexity index is 1750. The third kappa shape index (κ3) is 4.46. The molecule has 3 heterocycles. The van der Waals surface area contributed by atoms with E-state index >= 15 is 0 Å². The van der Waals surface area contributed by atoms with E-state index in [1.54, 1.807) is 21.6 Å². The SMILES string of the molecule is C=CCn1cc(/C=c2\sc3n(c2=O)C(c2ccc(Cl)cc2)C(C(=O)N(CC)CC)=C(C)N=3)c2ccccc21. The third-order valence-electron chi connectivity index (χ3n) is 6.92. The first-order valence-electron chi connectivity index (χ1n) is 12.6. The number of carbonyl (C=O) groups is 1. The van der Waals surface area contributed by atoms with E-state index in [9.17, 15) is 9.59 Å². The zero-order chi connectivity index (χ0) is 27.0. The molecule has 38 heavy (non-hydrogen) atoms. The van der Waals surface area contributed by atoms with Gasteiger partial charge < -0.3 is 9.47 Å². The molecular formula is C30H29ClN4O2S. The lowest BCUT2D eigenvalue weighted by molar-refractivity contribution is -0.127. The number of carbonyl (C=O) groups excluding carboxylic acids is 1. The lowest BCUT2D eigenvalue weighted by atomic mass is 9.94. The Kier molecular flexibility index (Phi) is 7.23. The maximum Gasteiger partial charge on any atom is 0.271 e. The Hall–Kier alpha value is -3.68. The van der Waals surface area contributed by atoms with Gasteiger partial charge >= 0.3 is 0 Å². The Labute approximate surface area is 230 Å². The van der Waals surface area contributed by atoms with E-state index in [0.717, 1.165) is 22.0 Å². The van der Waals surface area contributed by atoms with E-state index in [0.29, 0.717) is 45.3 Å². The van der Waals surface area contributed by atoms with Gasteiger partial charge in [-0.25, -0.2) is 4.99 Å². The molecule has 1 unspecified atom stereocenters. The van der Waals surface area contributed by atoms with Gasteiger partial charge in [-0.3, -0.25) is 14.2 Å². The summed E-state index contributed by atoms with van der Waals surface area (Å²) in [7, 11) is 0. The Morgan fingerprint density at radius 2 is 1.87 bits per heavy atom. The summed E-state index contributed by atoms with van der Waals surface area (Å²) in [6, 6.07) is 14.8. The molecule has 0 saturated heterocycles.